The first-order chi connectivity index (χ1) is 9.56. The highest BCUT2D eigenvalue weighted by atomic mass is 19.1. The van der Waals surface area contributed by atoms with Crippen molar-refractivity contribution in [3.8, 4) is 5.75 Å². The van der Waals surface area contributed by atoms with Gasteiger partial charge in [0.15, 0.2) is 0 Å². The van der Waals surface area contributed by atoms with Crippen LogP contribution in [0.2, 0.25) is 0 Å². The number of hydrogen-bond donors (Lipinski definition) is 2. The lowest BCUT2D eigenvalue weighted by atomic mass is 9.80. The molecule has 2 aromatic rings. The molecule has 20 heavy (non-hydrogen) atoms. The maximum Gasteiger partial charge on any atom is 0.491 e. The molecule has 2 aromatic carbocycles. The number of halogens is 1. The van der Waals surface area contributed by atoms with Crippen LogP contribution in [0.15, 0.2) is 48.5 Å². The Kier molecular flexibility index (Phi) is 4.77. The largest absolute Gasteiger partial charge is 0.491 e. The van der Waals surface area contributed by atoms with E-state index in [1.165, 1.54) is 12.1 Å². The zero-order valence-corrected chi connectivity index (χ0v) is 11.2. The van der Waals surface area contributed by atoms with E-state index in [9.17, 15) is 4.39 Å². The maximum absolute atomic E-state index is 13.6. The molecule has 0 aliphatic heterocycles. The minimum absolute atomic E-state index is 0. The normalized spacial score (nSPS) is 12.0. The first-order valence-electron chi connectivity index (χ1n) is 6.42. The predicted octanol–water partition coefficient (Wildman–Crippen LogP) is 2.01. The van der Waals surface area contributed by atoms with Crippen molar-refractivity contribution in [1.82, 2.24) is 0 Å². The fraction of sp³-hybridized carbons (Fsp3) is 0.200. The van der Waals surface area contributed by atoms with E-state index in [0.717, 1.165) is 11.6 Å². The van der Waals surface area contributed by atoms with E-state index in [1.807, 2.05) is 37.3 Å². The second-order valence-corrected chi connectivity index (χ2v) is 4.68. The number of hydrogen-bond acceptors (Lipinski definition) is 3. The van der Waals surface area contributed by atoms with Gasteiger partial charge in [0.2, 0.25) is 0 Å². The van der Waals surface area contributed by atoms with Crippen LogP contribution in [-0.2, 0) is 6.42 Å². The van der Waals surface area contributed by atoms with Gasteiger partial charge in [0.25, 0.3) is 0 Å². The van der Waals surface area contributed by atoms with Gasteiger partial charge < -0.3 is 14.8 Å². The van der Waals surface area contributed by atoms with Crippen LogP contribution in [0.25, 0.3) is 0 Å². The predicted molar refractivity (Wildman–Crippen MR) is 80.7 cm³/mol. The Labute approximate surface area is 120 Å². The van der Waals surface area contributed by atoms with E-state index in [1.54, 1.807) is 0 Å². The second-order valence-electron chi connectivity index (χ2n) is 4.68. The lowest BCUT2D eigenvalue weighted by Gasteiger charge is -2.15. The Balaban J connectivity index is 0.00000220. The molecular weight excluding hydrogens is 258 g/mol. The van der Waals surface area contributed by atoms with E-state index in [2.05, 4.69) is 0 Å². The smallest absolute Gasteiger partial charge is 0.490 e. The van der Waals surface area contributed by atoms with E-state index >= 15 is 0 Å². The quantitative estimate of drug-likeness (QED) is 0.822. The van der Waals surface area contributed by atoms with E-state index in [-0.39, 0.29) is 14.4 Å². The van der Waals surface area contributed by atoms with Gasteiger partial charge in [0, 0.05) is 20.8 Å². The van der Waals surface area contributed by atoms with Gasteiger partial charge in [0.1, 0.15) is 11.6 Å². The van der Waals surface area contributed by atoms with Crippen LogP contribution in [0.4, 0.5) is 4.39 Å². The standard InChI is InChI=1S/C15H16BFO3.2H2/c1-11(9-12-5-3-2-4-6-12)20-13-7-8-14(16(18)19)15(17)10-13;;/h2-8,10-11,18-19H,9H2,1H3;2*1H. The van der Waals surface area contributed by atoms with E-state index in [0.29, 0.717) is 12.2 Å². The molecule has 0 aliphatic carbocycles. The second kappa shape index (κ2) is 6.54. The van der Waals surface area contributed by atoms with Gasteiger partial charge in [-0.3, -0.25) is 0 Å². The molecule has 0 aliphatic rings. The number of benzene rings is 2. The lowest BCUT2D eigenvalue weighted by molar-refractivity contribution is 0.221. The van der Waals surface area contributed by atoms with E-state index < -0.39 is 12.9 Å². The Bertz CT molecular complexity index is 570. The number of ether oxygens (including phenoxy) is 1. The molecule has 0 fully saturated rings. The molecule has 0 saturated carbocycles. The average molecular weight is 278 g/mol. The molecule has 0 radical (unpaired) electrons. The summed E-state index contributed by atoms with van der Waals surface area (Å²) in [6.07, 6.45) is 0.606. The van der Waals surface area contributed by atoms with Crippen molar-refractivity contribution in [2.45, 2.75) is 19.4 Å². The van der Waals surface area contributed by atoms with Crippen molar-refractivity contribution in [3.05, 3.63) is 59.9 Å². The third-order valence-electron chi connectivity index (χ3n) is 2.95. The van der Waals surface area contributed by atoms with Crippen LogP contribution in [0.1, 0.15) is 15.3 Å². The molecule has 5 heteroatoms. The number of rotatable bonds is 5. The first-order valence-corrected chi connectivity index (χ1v) is 6.42. The Morgan fingerprint density at radius 1 is 1.20 bits per heavy atom. The minimum Gasteiger partial charge on any atom is -0.490 e. The topological polar surface area (TPSA) is 49.7 Å². The van der Waals surface area contributed by atoms with Crippen LogP contribution in [0.5, 0.6) is 5.75 Å². The van der Waals surface area contributed by atoms with Crippen LogP contribution in [0.3, 0.4) is 0 Å². The molecule has 1 atom stereocenters. The molecule has 2 N–H and O–H groups in total. The SMILES string of the molecule is CC(Cc1ccccc1)Oc1ccc(B(O)O)c(F)c1.[HH].[HH]. The van der Waals surface area contributed by atoms with Gasteiger partial charge in [0.05, 0.1) is 6.10 Å². The highest BCUT2D eigenvalue weighted by Crippen LogP contribution is 2.15. The third-order valence-corrected chi connectivity index (χ3v) is 2.95. The average Bonchev–Trinajstić information content (AvgIpc) is 2.39. The summed E-state index contributed by atoms with van der Waals surface area (Å²) < 4.78 is 19.2. The summed E-state index contributed by atoms with van der Waals surface area (Å²) in [4.78, 5) is 0. The fourth-order valence-corrected chi connectivity index (χ4v) is 2.01. The summed E-state index contributed by atoms with van der Waals surface area (Å²) in [6, 6.07) is 13.9. The molecular formula is C15H20BFO3. The van der Waals surface area contributed by atoms with Crippen LogP contribution >= 0.6 is 0 Å². The highest BCUT2D eigenvalue weighted by Gasteiger charge is 2.17. The summed E-state index contributed by atoms with van der Waals surface area (Å²) in [5.41, 5.74) is 0.982. The van der Waals surface area contributed by atoms with Gasteiger partial charge >= 0.3 is 7.12 Å². The molecule has 2 rings (SSSR count). The maximum atomic E-state index is 13.6. The summed E-state index contributed by atoms with van der Waals surface area (Å²) in [5, 5.41) is 17.9. The first kappa shape index (κ1) is 14.6. The van der Waals surface area contributed by atoms with Crippen molar-refractivity contribution in [1.29, 1.82) is 0 Å². The minimum atomic E-state index is -1.81. The summed E-state index contributed by atoms with van der Waals surface area (Å²) in [5.74, 6) is -0.320. The van der Waals surface area contributed by atoms with Gasteiger partial charge in [-0.1, -0.05) is 36.4 Å². The third kappa shape index (κ3) is 3.82. The van der Waals surface area contributed by atoms with Gasteiger partial charge in [-0.2, -0.15) is 0 Å². The van der Waals surface area contributed by atoms with Crippen molar-refractivity contribution in [3.63, 3.8) is 0 Å². The van der Waals surface area contributed by atoms with Crippen molar-refractivity contribution >= 4 is 12.6 Å². The Hall–Kier alpha value is -1.85. The Morgan fingerprint density at radius 3 is 2.50 bits per heavy atom. The molecule has 1 unspecified atom stereocenters. The van der Waals surface area contributed by atoms with Crippen molar-refractivity contribution in [2.24, 2.45) is 0 Å². The van der Waals surface area contributed by atoms with Crippen LogP contribution in [-0.4, -0.2) is 23.3 Å². The van der Waals surface area contributed by atoms with Crippen molar-refractivity contribution < 1.29 is 22.0 Å². The molecule has 108 valence electrons. The Morgan fingerprint density at radius 2 is 1.90 bits per heavy atom. The molecule has 0 aromatic heterocycles. The monoisotopic (exact) mass is 278 g/mol. The molecule has 3 nitrogen and oxygen atoms in total. The van der Waals surface area contributed by atoms with Crippen molar-refractivity contribution in [2.75, 3.05) is 0 Å². The molecule has 0 bridgehead atoms. The molecule has 0 spiro atoms. The van der Waals surface area contributed by atoms with Crippen LogP contribution in [0, 0.1) is 5.82 Å². The van der Waals surface area contributed by atoms with Gasteiger partial charge in [-0.15, -0.1) is 0 Å². The zero-order valence-electron chi connectivity index (χ0n) is 11.2. The molecule has 0 saturated heterocycles. The highest BCUT2D eigenvalue weighted by molar-refractivity contribution is 6.58. The fourth-order valence-electron chi connectivity index (χ4n) is 2.01. The van der Waals surface area contributed by atoms with E-state index in [4.69, 9.17) is 14.8 Å². The summed E-state index contributed by atoms with van der Waals surface area (Å²) in [6.45, 7) is 1.90. The van der Waals surface area contributed by atoms with Gasteiger partial charge in [-0.25, -0.2) is 4.39 Å². The van der Waals surface area contributed by atoms with Crippen LogP contribution < -0.4 is 10.2 Å². The summed E-state index contributed by atoms with van der Waals surface area (Å²) in [7, 11) is -1.81. The molecule has 0 amide bonds. The zero-order chi connectivity index (χ0) is 14.5. The van der Waals surface area contributed by atoms with Gasteiger partial charge in [-0.05, 0) is 18.6 Å². The molecule has 0 heterocycles. The summed E-state index contributed by atoms with van der Waals surface area (Å²) >= 11 is 0. The lowest BCUT2D eigenvalue weighted by Crippen LogP contribution is -2.32.